The normalized spacial score (nSPS) is 29.8. The van der Waals surface area contributed by atoms with Crippen molar-refractivity contribution >= 4 is 17.9 Å². The molecule has 3 heteroatoms. The molecule has 0 aromatic carbocycles. The minimum Gasteiger partial charge on any atom is -0.359 e. The first kappa shape index (κ1) is 8.50. The summed E-state index contributed by atoms with van der Waals surface area (Å²) < 4.78 is 4.99. The number of halogens is 1. The smallest absolute Gasteiger partial charge is 0.163 e. The molecule has 0 amide bonds. The molecule has 0 N–H and O–H groups in total. The van der Waals surface area contributed by atoms with Crippen LogP contribution in [0.1, 0.15) is 6.42 Å². The highest BCUT2D eigenvalue weighted by Gasteiger charge is 2.23. The van der Waals surface area contributed by atoms with E-state index >= 15 is 0 Å². The lowest BCUT2D eigenvalue weighted by atomic mass is 10.1. The minimum absolute atomic E-state index is 0.537. The monoisotopic (exact) mass is 172 g/mol. The van der Waals surface area contributed by atoms with Gasteiger partial charge in [-0.15, -0.1) is 0 Å². The van der Waals surface area contributed by atoms with Crippen molar-refractivity contribution in [2.45, 2.75) is 11.5 Å². The van der Waals surface area contributed by atoms with Crippen molar-refractivity contribution in [1.82, 2.24) is 0 Å². The number of carbonyl (C=O) groups excluding carboxylic acids is 1. The molecule has 0 saturated heterocycles. The van der Waals surface area contributed by atoms with Crippen molar-refractivity contribution in [1.29, 1.82) is 0 Å². The van der Waals surface area contributed by atoms with Crippen LogP contribution in [0.5, 0.6) is 0 Å². The van der Waals surface area contributed by atoms with Crippen molar-refractivity contribution < 1.29 is 9.53 Å². The number of carbonyl (C=O) groups is 1. The Labute approximate surface area is 70.5 Å². The van der Waals surface area contributed by atoms with E-state index in [1.165, 1.54) is 7.11 Å². The van der Waals surface area contributed by atoms with Crippen LogP contribution < -0.4 is 0 Å². The van der Waals surface area contributed by atoms with Crippen LogP contribution in [0.25, 0.3) is 0 Å². The number of aldehydes is 1. The van der Waals surface area contributed by atoms with Gasteiger partial charge in [0.2, 0.25) is 0 Å². The Morgan fingerprint density at radius 1 is 1.82 bits per heavy atom. The second kappa shape index (κ2) is 3.20. The summed E-state index contributed by atoms with van der Waals surface area (Å²) in [6.45, 7) is 0. The number of methoxy groups -OCH3 is 1. The first-order chi connectivity index (χ1) is 5.20. The van der Waals surface area contributed by atoms with Crippen molar-refractivity contribution in [3.8, 4) is 0 Å². The lowest BCUT2D eigenvalue weighted by Crippen LogP contribution is -2.21. The second-order valence-electron chi connectivity index (χ2n) is 2.35. The van der Waals surface area contributed by atoms with Crippen LogP contribution in [0, 0.1) is 0 Å². The van der Waals surface area contributed by atoms with Crippen LogP contribution in [0.15, 0.2) is 23.8 Å². The van der Waals surface area contributed by atoms with E-state index in [1.807, 2.05) is 0 Å². The van der Waals surface area contributed by atoms with Gasteiger partial charge in [-0.05, 0) is 6.08 Å². The number of alkyl halides is 1. The predicted molar refractivity (Wildman–Crippen MR) is 43.5 cm³/mol. The Hall–Kier alpha value is -0.600. The molecule has 1 aliphatic carbocycles. The lowest BCUT2D eigenvalue weighted by molar-refractivity contribution is -0.104. The molecule has 1 atom stereocenters. The molecule has 0 aromatic rings. The number of hydrogen-bond donors (Lipinski definition) is 0. The van der Waals surface area contributed by atoms with E-state index in [0.29, 0.717) is 12.0 Å². The minimum atomic E-state index is -0.744. The van der Waals surface area contributed by atoms with Crippen LogP contribution in [0.4, 0.5) is 0 Å². The van der Waals surface area contributed by atoms with Crippen LogP contribution in [-0.2, 0) is 9.53 Å². The van der Waals surface area contributed by atoms with Gasteiger partial charge < -0.3 is 4.74 Å². The quantitative estimate of drug-likeness (QED) is 0.468. The third-order valence-electron chi connectivity index (χ3n) is 1.62. The Morgan fingerprint density at radius 2 is 2.55 bits per heavy atom. The largest absolute Gasteiger partial charge is 0.359 e. The van der Waals surface area contributed by atoms with Crippen molar-refractivity contribution in [3.05, 3.63) is 23.8 Å². The third-order valence-corrected chi connectivity index (χ3v) is 2.05. The van der Waals surface area contributed by atoms with Gasteiger partial charge in [-0.2, -0.15) is 0 Å². The van der Waals surface area contributed by atoms with E-state index in [4.69, 9.17) is 16.3 Å². The van der Waals surface area contributed by atoms with Gasteiger partial charge in [0.05, 0.1) is 0 Å². The van der Waals surface area contributed by atoms with E-state index in [0.717, 1.165) is 6.29 Å². The van der Waals surface area contributed by atoms with Crippen molar-refractivity contribution in [3.63, 3.8) is 0 Å². The Kier molecular flexibility index (Phi) is 2.47. The highest BCUT2D eigenvalue weighted by molar-refractivity contribution is 6.24. The Balaban J connectivity index is 2.70. The maximum atomic E-state index is 10.3. The highest BCUT2D eigenvalue weighted by Crippen LogP contribution is 2.27. The Morgan fingerprint density at radius 3 is 2.91 bits per heavy atom. The first-order valence-electron chi connectivity index (χ1n) is 3.29. The number of allylic oxidation sites excluding steroid dienone is 2. The van der Waals surface area contributed by atoms with Gasteiger partial charge >= 0.3 is 0 Å². The van der Waals surface area contributed by atoms with Crippen molar-refractivity contribution in [2.24, 2.45) is 0 Å². The van der Waals surface area contributed by atoms with Crippen LogP contribution in [0.2, 0.25) is 0 Å². The summed E-state index contributed by atoms with van der Waals surface area (Å²) >= 11 is 5.91. The summed E-state index contributed by atoms with van der Waals surface area (Å²) in [6.07, 6.45) is 6.42. The van der Waals surface area contributed by atoms with Crippen LogP contribution in [0.3, 0.4) is 0 Å². The fourth-order valence-corrected chi connectivity index (χ4v) is 0.993. The van der Waals surface area contributed by atoms with Crippen LogP contribution >= 0.6 is 11.6 Å². The number of hydrogen-bond acceptors (Lipinski definition) is 2. The molecule has 0 radical (unpaired) electrons. The molecule has 0 heterocycles. The zero-order valence-corrected chi connectivity index (χ0v) is 6.97. The average Bonchev–Trinajstić information content (AvgIpc) is 2.06. The fraction of sp³-hybridized carbons (Fsp3) is 0.375. The third kappa shape index (κ3) is 1.91. The molecule has 11 heavy (non-hydrogen) atoms. The fourth-order valence-electron chi connectivity index (χ4n) is 0.853. The van der Waals surface area contributed by atoms with Gasteiger partial charge in [0, 0.05) is 19.1 Å². The topological polar surface area (TPSA) is 26.3 Å². The van der Waals surface area contributed by atoms with Crippen LogP contribution in [-0.4, -0.2) is 18.5 Å². The molecular formula is C8H9ClO2. The van der Waals surface area contributed by atoms with Gasteiger partial charge in [0.1, 0.15) is 6.29 Å². The molecule has 0 bridgehead atoms. The van der Waals surface area contributed by atoms with E-state index in [9.17, 15) is 4.79 Å². The van der Waals surface area contributed by atoms with E-state index < -0.39 is 5.06 Å². The average molecular weight is 173 g/mol. The molecule has 60 valence electrons. The molecular weight excluding hydrogens is 164 g/mol. The summed E-state index contributed by atoms with van der Waals surface area (Å²) in [6, 6.07) is 0. The summed E-state index contributed by atoms with van der Waals surface area (Å²) in [5.74, 6) is 0. The molecule has 2 nitrogen and oxygen atoms in total. The van der Waals surface area contributed by atoms with Gasteiger partial charge in [-0.1, -0.05) is 23.8 Å². The molecule has 0 aliphatic heterocycles. The highest BCUT2D eigenvalue weighted by atomic mass is 35.5. The van der Waals surface area contributed by atoms with E-state index in [2.05, 4.69) is 0 Å². The molecule has 0 fully saturated rings. The number of ether oxygens (including phenoxy) is 1. The second-order valence-corrected chi connectivity index (χ2v) is 2.99. The lowest BCUT2D eigenvalue weighted by Gasteiger charge is -2.22. The van der Waals surface area contributed by atoms with E-state index in [-0.39, 0.29) is 0 Å². The molecule has 1 aliphatic rings. The maximum absolute atomic E-state index is 10.3. The van der Waals surface area contributed by atoms with E-state index in [1.54, 1.807) is 18.2 Å². The van der Waals surface area contributed by atoms with Crippen molar-refractivity contribution in [2.75, 3.05) is 7.11 Å². The van der Waals surface area contributed by atoms with Gasteiger partial charge in [-0.3, -0.25) is 4.79 Å². The van der Waals surface area contributed by atoms with Gasteiger partial charge in [0.25, 0.3) is 0 Å². The van der Waals surface area contributed by atoms with Gasteiger partial charge in [0.15, 0.2) is 5.06 Å². The molecule has 0 aromatic heterocycles. The summed E-state index contributed by atoms with van der Waals surface area (Å²) in [5.41, 5.74) is 0.651. The summed E-state index contributed by atoms with van der Waals surface area (Å²) in [4.78, 5) is 10.3. The zero-order chi connectivity index (χ0) is 8.32. The Bertz CT molecular complexity index is 220. The zero-order valence-electron chi connectivity index (χ0n) is 6.21. The predicted octanol–water partition coefficient (Wildman–Crippen LogP) is 1.65. The molecule has 0 saturated carbocycles. The standard InChI is InChI=1S/C8H9ClO2/c1-11-8(9)4-2-7(6-10)3-5-8/h2-4,6H,5H2,1H3. The van der Waals surface area contributed by atoms with Gasteiger partial charge in [-0.25, -0.2) is 0 Å². The summed E-state index contributed by atoms with van der Waals surface area (Å²) in [5, 5.41) is -0.744. The first-order valence-corrected chi connectivity index (χ1v) is 3.66. The molecule has 0 spiro atoms. The molecule has 1 rings (SSSR count). The maximum Gasteiger partial charge on any atom is 0.163 e. The summed E-state index contributed by atoms with van der Waals surface area (Å²) in [7, 11) is 1.54. The molecule has 1 unspecified atom stereocenters. The number of rotatable bonds is 2. The SMILES string of the molecule is COC1(Cl)C=CC(C=O)=CC1.